The van der Waals surface area contributed by atoms with Crippen molar-refractivity contribution >= 4 is 28.6 Å². The quantitative estimate of drug-likeness (QED) is 0.769. The van der Waals surface area contributed by atoms with Crippen LogP contribution in [0.2, 0.25) is 0 Å². The Morgan fingerprint density at radius 1 is 1.33 bits per heavy atom. The molecular formula is C19H22N4O4. The summed E-state index contributed by atoms with van der Waals surface area (Å²) in [6.45, 7) is -0.0279. The summed E-state index contributed by atoms with van der Waals surface area (Å²) in [6.07, 6.45) is 4.01. The number of carbonyl (C=O) groups excluding carboxylic acids is 3. The summed E-state index contributed by atoms with van der Waals surface area (Å²) < 4.78 is 7.30. The Bertz CT molecular complexity index is 916. The van der Waals surface area contributed by atoms with Crippen molar-refractivity contribution in [2.24, 2.45) is 7.05 Å². The SMILES string of the molecule is Cn1nc(C2CCC(=O)NC2=O)c2ccc(OCC(=O)NC3CCC3)cc21. The number of benzene rings is 1. The van der Waals surface area contributed by atoms with Crippen molar-refractivity contribution < 1.29 is 19.1 Å². The minimum atomic E-state index is -0.438. The number of aromatic nitrogens is 2. The van der Waals surface area contributed by atoms with Gasteiger partial charge in [0.2, 0.25) is 11.8 Å². The normalized spacial score (nSPS) is 20.3. The molecule has 142 valence electrons. The summed E-state index contributed by atoms with van der Waals surface area (Å²) in [5.41, 5.74) is 1.47. The van der Waals surface area contributed by atoms with E-state index in [-0.39, 0.29) is 30.4 Å². The molecule has 8 heteroatoms. The van der Waals surface area contributed by atoms with Gasteiger partial charge in [-0.3, -0.25) is 24.4 Å². The van der Waals surface area contributed by atoms with Crippen LogP contribution in [0.25, 0.3) is 10.9 Å². The van der Waals surface area contributed by atoms with Gasteiger partial charge in [0.25, 0.3) is 5.91 Å². The van der Waals surface area contributed by atoms with E-state index in [2.05, 4.69) is 15.7 Å². The highest BCUT2D eigenvalue weighted by Gasteiger charge is 2.31. The first-order valence-electron chi connectivity index (χ1n) is 9.24. The Hall–Kier alpha value is -2.90. The standard InChI is InChI=1S/C19H22N4O4/c1-23-15-9-12(27-10-17(25)20-11-3-2-4-11)5-6-13(15)18(22-23)14-7-8-16(24)21-19(14)26/h5-6,9,11,14H,2-4,7-8,10H2,1H3,(H,20,25)(H,21,24,26). The highest BCUT2D eigenvalue weighted by molar-refractivity contribution is 6.02. The van der Waals surface area contributed by atoms with Gasteiger partial charge in [-0.1, -0.05) is 0 Å². The number of fused-ring (bicyclic) bond motifs is 1. The Balaban J connectivity index is 1.49. The first-order chi connectivity index (χ1) is 13.0. The number of hydrogen-bond donors (Lipinski definition) is 2. The molecule has 1 aliphatic heterocycles. The van der Waals surface area contributed by atoms with Crippen molar-refractivity contribution in [1.29, 1.82) is 0 Å². The number of ether oxygens (including phenoxy) is 1. The number of nitrogens with one attached hydrogen (secondary N) is 2. The average molecular weight is 370 g/mol. The van der Waals surface area contributed by atoms with Gasteiger partial charge in [0.15, 0.2) is 6.61 Å². The van der Waals surface area contributed by atoms with Crippen molar-refractivity contribution in [2.45, 2.75) is 44.1 Å². The Kier molecular flexibility index (Phi) is 4.55. The molecule has 8 nitrogen and oxygen atoms in total. The Labute approximate surface area is 156 Å². The fourth-order valence-corrected chi connectivity index (χ4v) is 3.54. The summed E-state index contributed by atoms with van der Waals surface area (Å²) in [6, 6.07) is 5.72. The molecule has 1 aromatic carbocycles. The predicted molar refractivity (Wildman–Crippen MR) is 97.1 cm³/mol. The van der Waals surface area contributed by atoms with Gasteiger partial charge in [-0.2, -0.15) is 5.10 Å². The summed E-state index contributed by atoms with van der Waals surface area (Å²) in [7, 11) is 1.80. The smallest absolute Gasteiger partial charge is 0.258 e. The second kappa shape index (κ2) is 7.02. The lowest BCUT2D eigenvalue weighted by molar-refractivity contribution is -0.134. The summed E-state index contributed by atoms with van der Waals surface area (Å²) in [5.74, 6) is -0.531. The van der Waals surface area contributed by atoms with Gasteiger partial charge in [-0.25, -0.2) is 0 Å². The van der Waals surface area contributed by atoms with Crippen LogP contribution in [0.5, 0.6) is 5.75 Å². The van der Waals surface area contributed by atoms with Gasteiger partial charge in [-0.15, -0.1) is 0 Å². The van der Waals surface area contributed by atoms with E-state index >= 15 is 0 Å². The van der Waals surface area contributed by atoms with Crippen molar-refractivity contribution in [2.75, 3.05) is 6.61 Å². The molecule has 4 rings (SSSR count). The van der Waals surface area contributed by atoms with Gasteiger partial charge in [0, 0.05) is 31.0 Å². The van der Waals surface area contributed by atoms with Crippen LogP contribution in [0.15, 0.2) is 18.2 Å². The second-order valence-corrected chi connectivity index (χ2v) is 7.18. The lowest BCUT2D eigenvalue weighted by Gasteiger charge is -2.26. The van der Waals surface area contributed by atoms with Crippen LogP contribution in [0, 0.1) is 0 Å². The third-order valence-corrected chi connectivity index (χ3v) is 5.26. The number of rotatable bonds is 5. The van der Waals surface area contributed by atoms with Gasteiger partial charge in [-0.05, 0) is 37.8 Å². The minimum Gasteiger partial charge on any atom is -0.484 e. The molecule has 0 spiro atoms. The van der Waals surface area contributed by atoms with Crippen molar-refractivity contribution in [1.82, 2.24) is 20.4 Å². The van der Waals surface area contributed by atoms with Crippen LogP contribution in [0.1, 0.15) is 43.7 Å². The Morgan fingerprint density at radius 3 is 2.85 bits per heavy atom. The molecule has 3 amide bonds. The third kappa shape index (κ3) is 3.51. The number of piperidine rings is 1. The number of imide groups is 1. The summed E-state index contributed by atoms with van der Waals surface area (Å²) in [4.78, 5) is 35.4. The third-order valence-electron chi connectivity index (χ3n) is 5.26. The molecule has 2 aromatic rings. The maximum atomic E-state index is 12.2. The van der Waals surface area contributed by atoms with Gasteiger partial charge in [0.1, 0.15) is 5.75 Å². The lowest BCUT2D eigenvalue weighted by atomic mass is 9.93. The van der Waals surface area contributed by atoms with Crippen molar-refractivity contribution in [3.05, 3.63) is 23.9 Å². The van der Waals surface area contributed by atoms with Crippen molar-refractivity contribution in [3.8, 4) is 5.75 Å². The number of aryl methyl sites for hydroxylation is 1. The van der Waals surface area contributed by atoms with Crippen LogP contribution in [0.4, 0.5) is 0 Å². The zero-order valence-electron chi connectivity index (χ0n) is 15.2. The van der Waals surface area contributed by atoms with E-state index in [0.29, 0.717) is 24.3 Å². The highest BCUT2D eigenvalue weighted by Crippen LogP contribution is 2.31. The first-order valence-corrected chi connectivity index (χ1v) is 9.24. The molecule has 1 saturated carbocycles. The maximum Gasteiger partial charge on any atom is 0.258 e. The number of hydrogen-bond acceptors (Lipinski definition) is 5. The monoisotopic (exact) mass is 370 g/mol. The molecule has 27 heavy (non-hydrogen) atoms. The molecule has 1 unspecified atom stereocenters. The van der Waals surface area contributed by atoms with Gasteiger partial charge in [0.05, 0.1) is 17.1 Å². The van der Waals surface area contributed by atoms with E-state index in [1.807, 2.05) is 12.1 Å². The van der Waals surface area contributed by atoms with Crippen LogP contribution in [-0.2, 0) is 21.4 Å². The van der Waals surface area contributed by atoms with E-state index in [0.717, 1.165) is 23.7 Å². The molecule has 0 bridgehead atoms. The molecule has 1 aromatic heterocycles. The van der Waals surface area contributed by atoms with Gasteiger partial charge >= 0.3 is 0 Å². The largest absolute Gasteiger partial charge is 0.484 e. The van der Waals surface area contributed by atoms with E-state index in [1.165, 1.54) is 6.42 Å². The zero-order chi connectivity index (χ0) is 19.0. The van der Waals surface area contributed by atoms with E-state index in [4.69, 9.17) is 4.74 Å². The number of amides is 3. The topological polar surface area (TPSA) is 102 Å². The fourth-order valence-electron chi connectivity index (χ4n) is 3.54. The van der Waals surface area contributed by atoms with Crippen LogP contribution in [0.3, 0.4) is 0 Å². The van der Waals surface area contributed by atoms with E-state index < -0.39 is 5.92 Å². The fraction of sp³-hybridized carbons (Fsp3) is 0.474. The number of carbonyl (C=O) groups is 3. The minimum absolute atomic E-state index is 0.0279. The van der Waals surface area contributed by atoms with Crippen LogP contribution < -0.4 is 15.4 Å². The zero-order valence-corrected chi connectivity index (χ0v) is 15.2. The maximum absolute atomic E-state index is 12.2. The van der Waals surface area contributed by atoms with Crippen molar-refractivity contribution in [3.63, 3.8) is 0 Å². The lowest BCUT2D eigenvalue weighted by Crippen LogP contribution is -2.41. The van der Waals surface area contributed by atoms with E-state index in [1.54, 1.807) is 17.8 Å². The molecule has 2 heterocycles. The number of nitrogens with zero attached hydrogens (tertiary/aromatic N) is 2. The van der Waals surface area contributed by atoms with Gasteiger partial charge < -0.3 is 10.1 Å². The molecule has 1 aliphatic carbocycles. The molecule has 0 radical (unpaired) electrons. The average Bonchev–Trinajstić information content (AvgIpc) is 2.93. The predicted octanol–water partition coefficient (Wildman–Crippen LogP) is 1.14. The summed E-state index contributed by atoms with van der Waals surface area (Å²) >= 11 is 0. The first kappa shape index (κ1) is 17.5. The molecule has 1 atom stereocenters. The molecule has 2 aliphatic rings. The van der Waals surface area contributed by atoms with Crippen LogP contribution in [-0.4, -0.2) is 40.2 Å². The molecule has 1 saturated heterocycles. The molecule has 2 N–H and O–H groups in total. The molecular weight excluding hydrogens is 348 g/mol. The Morgan fingerprint density at radius 2 is 2.15 bits per heavy atom. The van der Waals surface area contributed by atoms with E-state index in [9.17, 15) is 14.4 Å². The molecule has 2 fully saturated rings. The second-order valence-electron chi connectivity index (χ2n) is 7.18. The summed E-state index contributed by atoms with van der Waals surface area (Å²) in [5, 5.41) is 10.7. The van der Waals surface area contributed by atoms with Crippen LogP contribution >= 0.6 is 0 Å². The highest BCUT2D eigenvalue weighted by atomic mass is 16.5.